The summed E-state index contributed by atoms with van der Waals surface area (Å²) in [5.74, 6) is -0.809. The molecule has 1 saturated heterocycles. The molecular weight excluding hydrogens is 797 g/mol. The van der Waals surface area contributed by atoms with Gasteiger partial charge in [-0.3, -0.25) is 9.59 Å². The summed E-state index contributed by atoms with van der Waals surface area (Å²) in [6.07, 6.45) is 44.3. The van der Waals surface area contributed by atoms with Gasteiger partial charge in [-0.05, 0) is 70.6 Å². The second-order valence-electron chi connectivity index (χ2n) is 18.0. The van der Waals surface area contributed by atoms with E-state index in [1.165, 1.54) is 135 Å². The highest BCUT2D eigenvalue weighted by Gasteiger charge is 2.44. The Morgan fingerprint density at radius 3 is 1.33 bits per heavy atom. The zero-order valence-electron chi connectivity index (χ0n) is 40.3. The fourth-order valence-electron chi connectivity index (χ4n) is 7.86. The molecule has 63 heavy (non-hydrogen) atoms. The van der Waals surface area contributed by atoms with Crippen LogP contribution < -0.4 is 0 Å². The summed E-state index contributed by atoms with van der Waals surface area (Å²) in [6, 6.07) is 0. The molecule has 0 bridgehead atoms. The number of hydrogen-bond donors (Lipinski definition) is 4. The number of carbonyl (C=O) groups excluding carboxylic acids is 2. The van der Waals surface area contributed by atoms with Crippen LogP contribution in [0.15, 0.2) is 36.5 Å². The topological polar surface area (TPSA) is 152 Å². The van der Waals surface area contributed by atoms with Gasteiger partial charge in [-0.25, -0.2) is 0 Å². The molecule has 0 aromatic carbocycles. The standard InChI is InChI=1S/C53H96O10/c1-3-5-7-9-11-13-15-17-19-21-22-23-24-26-28-30-32-34-36-38-40-42-49(56)62-46(45-61-53-52(59)51(58)50(57)47(43-54)63-53)44-60-48(55)41-39-37-35-33-31-29-27-25-20-18-16-14-12-10-8-6-4-2/h15,17-18,20-22,46-47,50-54,57-59H,3-14,16,19,23-45H2,1-2H3/b17-15-,20-18-,22-21-. The van der Waals surface area contributed by atoms with Gasteiger partial charge in [0.2, 0.25) is 0 Å². The summed E-state index contributed by atoms with van der Waals surface area (Å²) < 4.78 is 22.2. The molecule has 0 amide bonds. The van der Waals surface area contributed by atoms with Crippen LogP contribution in [0.3, 0.4) is 0 Å². The highest BCUT2D eigenvalue weighted by atomic mass is 16.7. The van der Waals surface area contributed by atoms with Crippen LogP contribution in [0.25, 0.3) is 0 Å². The SMILES string of the molecule is CCCCCCC/C=C\C/C=C\CCCCCCCCCCCC(=O)OC(COC(=O)CCCCCCCCC/C=C\CCCCCCCC)COC1OC(CO)C(O)C(O)C1O. The molecule has 368 valence electrons. The third-order valence-electron chi connectivity index (χ3n) is 12.0. The van der Waals surface area contributed by atoms with Gasteiger partial charge in [0, 0.05) is 12.8 Å². The predicted molar refractivity (Wildman–Crippen MR) is 256 cm³/mol. The summed E-state index contributed by atoms with van der Waals surface area (Å²) in [6.45, 7) is 3.43. The fraction of sp³-hybridized carbons (Fsp3) is 0.849. The Kier molecular flexibility index (Phi) is 41.0. The molecule has 0 radical (unpaired) electrons. The number of aliphatic hydroxyl groups is 4. The Balaban J connectivity index is 2.26. The Bertz CT molecular complexity index is 1120. The largest absolute Gasteiger partial charge is 0.462 e. The Hall–Kier alpha value is -2.08. The first-order chi connectivity index (χ1) is 30.8. The summed E-state index contributed by atoms with van der Waals surface area (Å²) in [5.41, 5.74) is 0. The average molecular weight is 893 g/mol. The molecule has 6 unspecified atom stereocenters. The van der Waals surface area contributed by atoms with Gasteiger partial charge in [-0.15, -0.1) is 0 Å². The minimum absolute atomic E-state index is 0.220. The van der Waals surface area contributed by atoms with Crippen LogP contribution in [0.4, 0.5) is 0 Å². The van der Waals surface area contributed by atoms with Gasteiger partial charge in [0.25, 0.3) is 0 Å². The van der Waals surface area contributed by atoms with Crippen molar-refractivity contribution in [1.82, 2.24) is 0 Å². The van der Waals surface area contributed by atoms with Crippen LogP contribution in [-0.4, -0.2) is 89.0 Å². The Morgan fingerprint density at radius 1 is 0.492 bits per heavy atom. The van der Waals surface area contributed by atoms with Gasteiger partial charge in [0.1, 0.15) is 31.0 Å². The molecule has 1 rings (SSSR count). The first kappa shape index (κ1) is 58.9. The maximum absolute atomic E-state index is 12.8. The first-order valence-corrected chi connectivity index (χ1v) is 26.1. The van der Waals surface area contributed by atoms with Crippen molar-refractivity contribution >= 4 is 11.9 Å². The average Bonchev–Trinajstić information content (AvgIpc) is 3.28. The maximum Gasteiger partial charge on any atom is 0.306 e. The number of allylic oxidation sites excluding steroid dienone is 6. The van der Waals surface area contributed by atoms with E-state index in [-0.39, 0.29) is 32.0 Å². The minimum Gasteiger partial charge on any atom is -0.462 e. The van der Waals surface area contributed by atoms with Crippen molar-refractivity contribution in [1.29, 1.82) is 0 Å². The summed E-state index contributed by atoms with van der Waals surface area (Å²) in [7, 11) is 0. The summed E-state index contributed by atoms with van der Waals surface area (Å²) in [4.78, 5) is 25.5. The molecule has 1 fully saturated rings. The number of rotatable bonds is 44. The Labute approximate surface area is 385 Å². The van der Waals surface area contributed by atoms with Crippen LogP contribution in [-0.2, 0) is 28.5 Å². The quantitative estimate of drug-likeness (QED) is 0.0264. The summed E-state index contributed by atoms with van der Waals surface area (Å²) >= 11 is 0. The van der Waals surface area contributed by atoms with Crippen molar-refractivity contribution in [3.8, 4) is 0 Å². The zero-order chi connectivity index (χ0) is 45.9. The van der Waals surface area contributed by atoms with Crippen LogP contribution in [0.2, 0.25) is 0 Å². The molecule has 0 saturated carbocycles. The third kappa shape index (κ3) is 34.9. The van der Waals surface area contributed by atoms with Crippen LogP contribution in [0.1, 0.15) is 232 Å². The van der Waals surface area contributed by atoms with E-state index in [9.17, 15) is 30.0 Å². The normalized spacial score (nSPS) is 19.7. The van der Waals surface area contributed by atoms with Crippen molar-refractivity contribution in [2.45, 2.75) is 269 Å². The molecule has 0 aliphatic carbocycles. The lowest BCUT2D eigenvalue weighted by Gasteiger charge is -2.39. The van der Waals surface area contributed by atoms with Gasteiger partial charge in [0.05, 0.1) is 13.2 Å². The zero-order valence-corrected chi connectivity index (χ0v) is 40.3. The van der Waals surface area contributed by atoms with Gasteiger partial charge in [0.15, 0.2) is 12.4 Å². The van der Waals surface area contributed by atoms with Gasteiger partial charge < -0.3 is 39.4 Å². The van der Waals surface area contributed by atoms with E-state index >= 15 is 0 Å². The molecular formula is C53H96O10. The van der Waals surface area contributed by atoms with Crippen LogP contribution in [0.5, 0.6) is 0 Å². The molecule has 0 aromatic rings. The number of aliphatic hydroxyl groups excluding tert-OH is 4. The predicted octanol–water partition coefficient (Wildman–Crippen LogP) is 12.2. The van der Waals surface area contributed by atoms with Crippen LogP contribution in [0, 0.1) is 0 Å². The maximum atomic E-state index is 12.8. The first-order valence-electron chi connectivity index (χ1n) is 26.1. The Morgan fingerprint density at radius 2 is 0.889 bits per heavy atom. The molecule has 0 aromatic heterocycles. The molecule has 1 aliphatic heterocycles. The van der Waals surface area contributed by atoms with Crippen LogP contribution >= 0.6 is 0 Å². The van der Waals surface area contributed by atoms with Crippen molar-refractivity contribution in [3.63, 3.8) is 0 Å². The van der Waals surface area contributed by atoms with E-state index in [0.717, 1.165) is 64.2 Å². The van der Waals surface area contributed by atoms with E-state index in [0.29, 0.717) is 6.42 Å². The second kappa shape index (κ2) is 43.8. The van der Waals surface area contributed by atoms with Gasteiger partial charge >= 0.3 is 11.9 Å². The van der Waals surface area contributed by atoms with Crippen molar-refractivity contribution < 1.29 is 49.0 Å². The molecule has 6 atom stereocenters. The van der Waals surface area contributed by atoms with Gasteiger partial charge in [-0.2, -0.15) is 0 Å². The lowest BCUT2D eigenvalue weighted by molar-refractivity contribution is -0.305. The van der Waals surface area contributed by atoms with Gasteiger partial charge in [-0.1, -0.05) is 185 Å². The van der Waals surface area contributed by atoms with E-state index in [1.807, 2.05) is 0 Å². The summed E-state index contributed by atoms with van der Waals surface area (Å²) in [5, 5.41) is 40.2. The molecule has 10 nitrogen and oxygen atoms in total. The number of unbranched alkanes of at least 4 members (excludes halogenated alkanes) is 27. The molecule has 1 heterocycles. The lowest BCUT2D eigenvalue weighted by Crippen LogP contribution is -2.59. The van der Waals surface area contributed by atoms with Crippen molar-refractivity contribution in [2.75, 3.05) is 19.8 Å². The minimum atomic E-state index is -1.60. The number of carbonyl (C=O) groups is 2. The molecule has 1 aliphatic rings. The van der Waals surface area contributed by atoms with E-state index in [1.54, 1.807) is 0 Å². The highest BCUT2D eigenvalue weighted by Crippen LogP contribution is 2.23. The van der Waals surface area contributed by atoms with E-state index < -0.39 is 49.4 Å². The number of ether oxygens (including phenoxy) is 4. The number of hydrogen-bond acceptors (Lipinski definition) is 10. The molecule has 4 N–H and O–H groups in total. The van der Waals surface area contributed by atoms with Crippen molar-refractivity contribution in [2.24, 2.45) is 0 Å². The van der Waals surface area contributed by atoms with E-state index in [4.69, 9.17) is 18.9 Å². The monoisotopic (exact) mass is 893 g/mol. The molecule has 0 spiro atoms. The number of esters is 2. The second-order valence-corrected chi connectivity index (χ2v) is 18.0. The smallest absolute Gasteiger partial charge is 0.306 e. The molecule has 10 heteroatoms. The fourth-order valence-corrected chi connectivity index (χ4v) is 7.86. The van der Waals surface area contributed by atoms with E-state index in [2.05, 4.69) is 50.3 Å². The lowest BCUT2D eigenvalue weighted by atomic mass is 9.99. The third-order valence-corrected chi connectivity index (χ3v) is 12.0. The van der Waals surface area contributed by atoms with Crippen molar-refractivity contribution in [3.05, 3.63) is 36.5 Å². The highest BCUT2D eigenvalue weighted by molar-refractivity contribution is 5.70.